The van der Waals surface area contributed by atoms with Gasteiger partial charge in [0.15, 0.2) is 0 Å². The van der Waals surface area contributed by atoms with E-state index in [-0.39, 0.29) is 5.92 Å². The van der Waals surface area contributed by atoms with Gasteiger partial charge < -0.3 is 0 Å². The third-order valence-electron chi connectivity index (χ3n) is 5.00. The second-order valence-corrected chi connectivity index (χ2v) is 7.07. The van der Waals surface area contributed by atoms with E-state index < -0.39 is 0 Å². The SMILES string of the molecule is CC(Cn1cc(CC(c2cccnc2)c2cccnc2)nn1)c1ccccc1. The molecule has 0 N–H and O–H groups in total. The van der Waals surface area contributed by atoms with Crippen molar-refractivity contribution in [1.29, 1.82) is 0 Å². The first kappa shape index (κ1) is 18.0. The summed E-state index contributed by atoms with van der Waals surface area (Å²) < 4.78 is 1.94. The number of pyridine rings is 2. The lowest BCUT2D eigenvalue weighted by atomic mass is 9.89. The molecule has 4 aromatic rings. The lowest BCUT2D eigenvalue weighted by Gasteiger charge is -2.16. The van der Waals surface area contributed by atoms with E-state index in [1.165, 1.54) is 5.56 Å². The van der Waals surface area contributed by atoms with Crippen molar-refractivity contribution in [3.8, 4) is 0 Å². The zero-order chi connectivity index (χ0) is 19.2. The van der Waals surface area contributed by atoms with Crippen molar-refractivity contribution in [2.45, 2.75) is 31.7 Å². The molecule has 0 saturated carbocycles. The minimum Gasteiger partial charge on any atom is -0.264 e. The maximum absolute atomic E-state index is 4.43. The van der Waals surface area contributed by atoms with Gasteiger partial charge in [0.25, 0.3) is 0 Å². The van der Waals surface area contributed by atoms with Crippen LogP contribution in [0.5, 0.6) is 0 Å². The van der Waals surface area contributed by atoms with Crippen LogP contribution in [0.4, 0.5) is 0 Å². The second kappa shape index (κ2) is 8.57. The van der Waals surface area contributed by atoms with Gasteiger partial charge in [-0.1, -0.05) is 54.6 Å². The first-order valence-electron chi connectivity index (χ1n) is 9.53. The Labute approximate surface area is 165 Å². The first-order chi connectivity index (χ1) is 13.8. The van der Waals surface area contributed by atoms with Gasteiger partial charge in [0, 0.05) is 55.8 Å². The monoisotopic (exact) mass is 369 g/mol. The smallest absolute Gasteiger partial charge is 0.0836 e. The predicted octanol–water partition coefficient (Wildman–Crippen LogP) is 4.25. The summed E-state index contributed by atoms with van der Waals surface area (Å²) in [5, 5.41) is 8.78. The van der Waals surface area contributed by atoms with Crippen LogP contribution >= 0.6 is 0 Å². The highest BCUT2D eigenvalue weighted by atomic mass is 15.4. The molecular formula is C23H23N5. The fourth-order valence-corrected chi connectivity index (χ4v) is 3.49. The van der Waals surface area contributed by atoms with Gasteiger partial charge in [-0.25, -0.2) is 0 Å². The molecule has 0 aliphatic rings. The average Bonchev–Trinajstić information content (AvgIpc) is 3.21. The Kier molecular flexibility index (Phi) is 5.52. The van der Waals surface area contributed by atoms with E-state index in [9.17, 15) is 0 Å². The van der Waals surface area contributed by atoms with E-state index in [4.69, 9.17) is 0 Å². The van der Waals surface area contributed by atoms with Crippen LogP contribution in [-0.4, -0.2) is 25.0 Å². The van der Waals surface area contributed by atoms with Crippen molar-refractivity contribution < 1.29 is 0 Å². The number of hydrogen-bond acceptors (Lipinski definition) is 4. The van der Waals surface area contributed by atoms with E-state index >= 15 is 0 Å². The zero-order valence-electron chi connectivity index (χ0n) is 15.9. The Hall–Kier alpha value is -3.34. The van der Waals surface area contributed by atoms with Crippen LogP contribution in [0.25, 0.3) is 0 Å². The highest BCUT2D eigenvalue weighted by Gasteiger charge is 2.18. The van der Waals surface area contributed by atoms with E-state index in [0.29, 0.717) is 5.92 Å². The fourth-order valence-electron chi connectivity index (χ4n) is 3.49. The molecule has 0 saturated heterocycles. The van der Waals surface area contributed by atoms with E-state index in [1.54, 1.807) is 12.4 Å². The predicted molar refractivity (Wildman–Crippen MR) is 109 cm³/mol. The molecule has 140 valence electrons. The maximum atomic E-state index is 4.43. The third-order valence-corrected chi connectivity index (χ3v) is 5.00. The lowest BCUT2D eigenvalue weighted by Crippen LogP contribution is -2.07. The average molecular weight is 369 g/mol. The molecule has 0 spiro atoms. The van der Waals surface area contributed by atoms with Gasteiger partial charge in [-0.15, -0.1) is 5.10 Å². The Bertz CT molecular complexity index is 944. The summed E-state index contributed by atoms with van der Waals surface area (Å²) in [7, 11) is 0. The van der Waals surface area contributed by atoms with E-state index in [2.05, 4.69) is 69.8 Å². The van der Waals surface area contributed by atoms with Crippen LogP contribution < -0.4 is 0 Å². The Morgan fingerprint density at radius 2 is 1.46 bits per heavy atom. The summed E-state index contributed by atoms with van der Waals surface area (Å²) in [6.45, 7) is 3.02. The molecule has 0 bridgehead atoms. The van der Waals surface area contributed by atoms with Crippen molar-refractivity contribution in [2.24, 2.45) is 0 Å². The molecule has 1 unspecified atom stereocenters. The Morgan fingerprint density at radius 3 is 2.07 bits per heavy atom. The Balaban J connectivity index is 1.52. The molecule has 0 radical (unpaired) electrons. The molecular weight excluding hydrogens is 346 g/mol. The van der Waals surface area contributed by atoms with Gasteiger partial charge in [0.2, 0.25) is 0 Å². The highest BCUT2D eigenvalue weighted by Crippen LogP contribution is 2.27. The van der Waals surface area contributed by atoms with Crippen LogP contribution in [0.15, 0.2) is 85.6 Å². The Morgan fingerprint density at radius 1 is 0.821 bits per heavy atom. The molecule has 3 aromatic heterocycles. The summed E-state index contributed by atoms with van der Waals surface area (Å²) in [6, 6.07) is 18.6. The van der Waals surface area contributed by atoms with Gasteiger partial charge >= 0.3 is 0 Å². The molecule has 0 amide bonds. The topological polar surface area (TPSA) is 56.5 Å². The van der Waals surface area contributed by atoms with Crippen molar-refractivity contribution >= 4 is 0 Å². The van der Waals surface area contributed by atoms with Crippen LogP contribution in [0, 0.1) is 0 Å². The number of hydrogen-bond donors (Lipinski definition) is 0. The van der Waals surface area contributed by atoms with E-state index in [1.807, 2.05) is 35.3 Å². The fraction of sp³-hybridized carbons (Fsp3) is 0.217. The van der Waals surface area contributed by atoms with Crippen molar-refractivity contribution in [2.75, 3.05) is 0 Å². The molecule has 0 aliphatic carbocycles. The number of rotatable bonds is 7. The van der Waals surface area contributed by atoms with Crippen LogP contribution in [-0.2, 0) is 13.0 Å². The molecule has 0 aliphatic heterocycles. The molecule has 28 heavy (non-hydrogen) atoms. The van der Waals surface area contributed by atoms with Gasteiger partial charge in [-0.3, -0.25) is 14.6 Å². The van der Waals surface area contributed by atoms with Crippen LogP contribution in [0.1, 0.15) is 41.1 Å². The highest BCUT2D eigenvalue weighted by molar-refractivity contribution is 5.30. The standard InChI is InChI=1S/C23H23N5/c1-18(19-7-3-2-4-8-19)16-28-17-22(26-27-28)13-23(20-9-5-11-24-14-20)21-10-6-12-25-15-21/h2-12,14-15,17-18,23H,13,16H2,1H3. The van der Waals surface area contributed by atoms with Crippen LogP contribution in [0.3, 0.4) is 0 Å². The first-order valence-corrected chi connectivity index (χ1v) is 9.53. The van der Waals surface area contributed by atoms with Gasteiger partial charge in [-0.2, -0.15) is 0 Å². The number of benzene rings is 1. The van der Waals surface area contributed by atoms with Gasteiger partial charge in [-0.05, 0) is 28.8 Å². The van der Waals surface area contributed by atoms with Gasteiger partial charge in [0.1, 0.15) is 0 Å². The molecule has 5 nitrogen and oxygen atoms in total. The molecule has 3 heterocycles. The van der Waals surface area contributed by atoms with Crippen molar-refractivity contribution in [1.82, 2.24) is 25.0 Å². The maximum Gasteiger partial charge on any atom is 0.0836 e. The molecule has 1 aromatic carbocycles. The normalized spacial score (nSPS) is 12.2. The largest absolute Gasteiger partial charge is 0.264 e. The number of nitrogens with zero attached hydrogens (tertiary/aromatic N) is 5. The summed E-state index contributed by atoms with van der Waals surface area (Å²) in [5.41, 5.74) is 4.59. The third kappa shape index (κ3) is 4.31. The molecule has 0 fully saturated rings. The summed E-state index contributed by atoms with van der Waals surface area (Å²) in [5.74, 6) is 0.530. The minimum atomic E-state index is 0.152. The van der Waals surface area contributed by atoms with Crippen molar-refractivity contribution in [3.05, 3.63) is 108 Å². The molecule has 5 heteroatoms. The number of aromatic nitrogens is 5. The molecule has 1 atom stereocenters. The van der Waals surface area contributed by atoms with E-state index in [0.717, 1.165) is 29.8 Å². The second-order valence-electron chi connectivity index (χ2n) is 7.07. The summed E-state index contributed by atoms with van der Waals surface area (Å²) >= 11 is 0. The lowest BCUT2D eigenvalue weighted by molar-refractivity contribution is 0.527. The minimum absolute atomic E-state index is 0.152. The van der Waals surface area contributed by atoms with Gasteiger partial charge in [0.05, 0.1) is 5.69 Å². The van der Waals surface area contributed by atoms with Crippen molar-refractivity contribution in [3.63, 3.8) is 0 Å². The molecule has 4 rings (SSSR count). The van der Waals surface area contributed by atoms with Crippen LogP contribution in [0.2, 0.25) is 0 Å². The quantitative estimate of drug-likeness (QED) is 0.489. The zero-order valence-corrected chi connectivity index (χ0v) is 15.9. The summed E-state index contributed by atoms with van der Waals surface area (Å²) in [4.78, 5) is 8.58. The summed E-state index contributed by atoms with van der Waals surface area (Å²) in [6.07, 6.45) is 10.2.